The maximum atomic E-state index is 10.0. The minimum absolute atomic E-state index is 0.0625. The Labute approximate surface area is 83.6 Å². The fraction of sp³-hybridized carbons (Fsp3) is 0.500. The fourth-order valence-electron chi connectivity index (χ4n) is 0.645. The Bertz CT molecular complexity index is 235. The average Bonchev–Trinajstić information content (AvgIpc) is 1.79. The third-order valence-corrected chi connectivity index (χ3v) is 0.910. The maximum absolute atomic E-state index is 10.0. The number of allylic oxidation sites excluding steroid dienone is 2. The van der Waals surface area contributed by atoms with Crippen molar-refractivity contribution in [1.82, 2.24) is 0 Å². The predicted molar refractivity (Wildman–Crippen MR) is 53.0 cm³/mol. The molecule has 0 atom stereocenters. The highest BCUT2D eigenvalue weighted by Crippen LogP contribution is 1.82. The summed E-state index contributed by atoms with van der Waals surface area (Å²) in [6, 6.07) is 0. The number of carbonyl (C=O) groups is 3. The summed E-state index contributed by atoms with van der Waals surface area (Å²) in [5, 5.41) is 8.36. The van der Waals surface area contributed by atoms with Crippen molar-refractivity contribution in [3.05, 3.63) is 11.8 Å². The fourth-order valence-corrected chi connectivity index (χ4v) is 0.645. The van der Waals surface area contributed by atoms with E-state index >= 15 is 0 Å². The van der Waals surface area contributed by atoms with E-state index in [0.717, 1.165) is 0 Å². The van der Waals surface area contributed by atoms with E-state index in [2.05, 4.69) is 0 Å². The van der Waals surface area contributed by atoms with Gasteiger partial charge in [-0.3, -0.25) is 14.4 Å². The van der Waals surface area contributed by atoms with E-state index in [1.165, 1.54) is 33.8 Å². The molecule has 0 fully saturated rings. The lowest BCUT2D eigenvalue weighted by molar-refractivity contribution is -0.124. The van der Waals surface area contributed by atoms with Crippen molar-refractivity contribution in [1.29, 1.82) is 0 Å². The third kappa shape index (κ3) is 22.4. The molecule has 0 rings (SSSR count). The Hall–Kier alpha value is -1.45. The average molecular weight is 200 g/mol. The van der Waals surface area contributed by atoms with E-state index in [4.69, 9.17) is 5.11 Å². The van der Waals surface area contributed by atoms with Crippen molar-refractivity contribution in [2.24, 2.45) is 0 Å². The van der Waals surface area contributed by atoms with Gasteiger partial charge >= 0.3 is 0 Å². The SMILES string of the molecule is CC(=O)/C=C(/C)O.CC(=O)CC(C)=O. The smallest absolute Gasteiger partial charge is 0.155 e. The molecule has 0 aromatic carbocycles. The van der Waals surface area contributed by atoms with E-state index in [1.54, 1.807) is 0 Å². The molecule has 0 bridgehead atoms. The van der Waals surface area contributed by atoms with E-state index < -0.39 is 0 Å². The molecule has 14 heavy (non-hydrogen) atoms. The van der Waals surface area contributed by atoms with Gasteiger partial charge in [0, 0.05) is 6.08 Å². The van der Waals surface area contributed by atoms with Crippen molar-refractivity contribution in [2.75, 3.05) is 0 Å². The van der Waals surface area contributed by atoms with Crippen LogP contribution in [0.5, 0.6) is 0 Å². The molecule has 0 heterocycles. The molecule has 0 spiro atoms. The lowest BCUT2D eigenvalue weighted by Crippen LogP contribution is -1.97. The summed E-state index contributed by atoms with van der Waals surface area (Å²) in [4.78, 5) is 30.1. The minimum atomic E-state index is -0.125. The van der Waals surface area contributed by atoms with Gasteiger partial charge in [0.25, 0.3) is 0 Å². The number of aliphatic hydroxyl groups excluding tert-OH is 1. The van der Waals surface area contributed by atoms with Crippen LogP contribution in [0.15, 0.2) is 11.8 Å². The van der Waals surface area contributed by atoms with Crippen LogP contribution < -0.4 is 0 Å². The molecule has 0 aromatic heterocycles. The number of aliphatic hydroxyl groups is 1. The van der Waals surface area contributed by atoms with Crippen LogP contribution in [0.2, 0.25) is 0 Å². The first-order valence-corrected chi connectivity index (χ1v) is 4.12. The number of ketones is 3. The molecule has 0 saturated carbocycles. The first-order valence-electron chi connectivity index (χ1n) is 4.12. The molecule has 0 radical (unpaired) electrons. The van der Waals surface area contributed by atoms with Crippen LogP contribution in [0, 0.1) is 0 Å². The van der Waals surface area contributed by atoms with Gasteiger partial charge < -0.3 is 5.11 Å². The largest absolute Gasteiger partial charge is 0.512 e. The standard InChI is InChI=1S/2C5H8O2/c2*1-4(6)3-5(2)7/h3H2,1-2H3;3,6H,1-2H3/b;4-3-. The second-order valence-corrected chi connectivity index (χ2v) is 2.98. The Morgan fingerprint density at radius 2 is 1.36 bits per heavy atom. The van der Waals surface area contributed by atoms with Gasteiger partial charge in [-0.2, -0.15) is 0 Å². The van der Waals surface area contributed by atoms with Gasteiger partial charge in [0.2, 0.25) is 0 Å². The molecule has 80 valence electrons. The monoisotopic (exact) mass is 200 g/mol. The molecule has 4 heteroatoms. The second kappa shape index (κ2) is 8.16. The number of hydrogen-bond acceptors (Lipinski definition) is 4. The van der Waals surface area contributed by atoms with Gasteiger partial charge in [-0.25, -0.2) is 0 Å². The summed E-state index contributed by atoms with van der Waals surface area (Å²) in [6.07, 6.45) is 1.25. The van der Waals surface area contributed by atoms with Crippen LogP contribution in [0.4, 0.5) is 0 Å². The predicted octanol–water partition coefficient (Wildman–Crippen LogP) is 1.59. The Morgan fingerprint density at radius 3 is 1.36 bits per heavy atom. The van der Waals surface area contributed by atoms with Crippen LogP contribution in [0.3, 0.4) is 0 Å². The summed E-state index contributed by atoms with van der Waals surface area (Å²) >= 11 is 0. The quantitative estimate of drug-likeness (QED) is 0.426. The number of Topliss-reactive ketones (excluding diaryl/α,β-unsaturated/α-hetero) is 2. The molecular formula is C10H16O4. The van der Waals surface area contributed by atoms with Gasteiger partial charge in [-0.1, -0.05) is 0 Å². The van der Waals surface area contributed by atoms with Crippen LogP contribution in [0.1, 0.15) is 34.1 Å². The van der Waals surface area contributed by atoms with Crippen LogP contribution in [-0.2, 0) is 14.4 Å². The van der Waals surface area contributed by atoms with E-state index in [-0.39, 0.29) is 29.5 Å². The van der Waals surface area contributed by atoms with Gasteiger partial charge in [0.05, 0.1) is 12.2 Å². The molecule has 0 amide bonds. The third-order valence-electron chi connectivity index (χ3n) is 0.910. The van der Waals surface area contributed by atoms with Gasteiger partial charge in [0.15, 0.2) is 5.78 Å². The van der Waals surface area contributed by atoms with Gasteiger partial charge in [-0.05, 0) is 27.7 Å². The van der Waals surface area contributed by atoms with Crippen LogP contribution in [-0.4, -0.2) is 22.5 Å². The van der Waals surface area contributed by atoms with Crippen LogP contribution >= 0.6 is 0 Å². The summed E-state index contributed by atoms with van der Waals surface area (Å²) in [5.41, 5.74) is 0. The topological polar surface area (TPSA) is 71.4 Å². The lowest BCUT2D eigenvalue weighted by atomic mass is 10.2. The summed E-state index contributed by atoms with van der Waals surface area (Å²) in [7, 11) is 0. The number of rotatable bonds is 3. The Kier molecular flexibility index (Phi) is 8.77. The van der Waals surface area contributed by atoms with Gasteiger partial charge in [-0.15, -0.1) is 0 Å². The first kappa shape index (κ1) is 15.0. The molecule has 0 saturated heterocycles. The number of hydrogen-bond donors (Lipinski definition) is 1. The second-order valence-electron chi connectivity index (χ2n) is 2.98. The Balaban J connectivity index is 0. The highest BCUT2D eigenvalue weighted by Gasteiger charge is 1.94. The lowest BCUT2D eigenvalue weighted by Gasteiger charge is -1.81. The zero-order chi connectivity index (χ0) is 11.7. The van der Waals surface area contributed by atoms with Crippen molar-refractivity contribution in [3.63, 3.8) is 0 Å². The molecular weight excluding hydrogens is 184 g/mol. The van der Waals surface area contributed by atoms with E-state index in [0.29, 0.717) is 0 Å². The van der Waals surface area contributed by atoms with Crippen molar-refractivity contribution in [3.8, 4) is 0 Å². The molecule has 1 N–H and O–H groups in total. The minimum Gasteiger partial charge on any atom is -0.512 e. The Morgan fingerprint density at radius 1 is 1.00 bits per heavy atom. The normalized spacial score (nSPS) is 9.86. The van der Waals surface area contributed by atoms with E-state index in [9.17, 15) is 14.4 Å². The first-order chi connectivity index (χ1) is 6.25. The molecule has 0 aliphatic rings. The maximum Gasteiger partial charge on any atom is 0.155 e. The zero-order valence-electron chi connectivity index (χ0n) is 8.96. The molecule has 0 aromatic rings. The summed E-state index contributed by atoms with van der Waals surface area (Å²) in [5.74, 6) is -0.187. The summed E-state index contributed by atoms with van der Waals surface area (Å²) in [6.45, 7) is 5.66. The highest BCUT2D eigenvalue weighted by molar-refractivity contribution is 5.96. The molecule has 0 aliphatic carbocycles. The molecule has 0 aliphatic heterocycles. The van der Waals surface area contributed by atoms with Crippen molar-refractivity contribution < 1.29 is 19.5 Å². The summed E-state index contributed by atoms with van der Waals surface area (Å²) < 4.78 is 0. The zero-order valence-corrected chi connectivity index (χ0v) is 8.96. The highest BCUT2D eigenvalue weighted by atomic mass is 16.3. The van der Waals surface area contributed by atoms with E-state index in [1.807, 2.05) is 0 Å². The van der Waals surface area contributed by atoms with Crippen molar-refractivity contribution >= 4 is 17.3 Å². The number of carbonyl (C=O) groups excluding carboxylic acids is 3. The van der Waals surface area contributed by atoms with Crippen LogP contribution in [0.25, 0.3) is 0 Å². The van der Waals surface area contributed by atoms with Gasteiger partial charge in [0.1, 0.15) is 11.6 Å². The van der Waals surface area contributed by atoms with Crippen molar-refractivity contribution in [2.45, 2.75) is 34.1 Å². The molecule has 4 nitrogen and oxygen atoms in total. The molecule has 0 unspecified atom stereocenters.